The first kappa shape index (κ1) is 11.3. The van der Waals surface area contributed by atoms with Crippen LogP contribution >= 0.6 is 0 Å². The molecule has 1 unspecified atom stereocenters. The number of nitrogens with one attached hydrogen (secondary N) is 1. The normalized spacial score (nSPS) is 21.5. The molecule has 0 spiro atoms. The molecule has 0 aromatic heterocycles. The topological polar surface area (TPSA) is 29.1 Å². The van der Waals surface area contributed by atoms with Crippen molar-refractivity contribution in [3.8, 4) is 0 Å². The van der Waals surface area contributed by atoms with E-state index in [4.69, 9.17) is 0 Å². The molecule has 0 radical (unpaired) electrons. The number of carbonyl (C=O) groups is 1. The molecule has 3 rings (SSSR count). The zero-order chi connectivity index (χ0) is 12.9. The fourth-order valence-electron chi connectivity index (χ4n) is 2.75. The van der Waals surface area contributed by atoms with Gasteiger partial charge in [-0.2, -0.15) is 0 Å². The Hall–Kier alpha value is -1.83. The highest BCUT2D eigenvalue weighted by atomic mass is 16.1. The van der Waals surface area contributed by atoms with Crippen LogP contribution in [0.15, 0.2) is 36.4 Å². The number of carbonyl (C=O) groups excluding carboxylic acids is 1. The molecule has 2 nitrogen and oxygen atoms in total. The van der Waals surface area contributed by atoms with Crippen molar-refractivity contribution in [2.45, 2.75) is 32.2 Å². The van der Waals surface area contributed by atoms with Crippen molar-refractivity contribution >= 4 is 16.7 Å². The average molecular weight is 239 g/mol. The maximum absolute atomic E-state index is 12.3. The lowest BCUT2D eigenvalue weighted by Gasteiger charge is -2.39. The fourth-order valence-corrected chi connectivity index (χ4v) is 2.75. The van der Waals surface area contributed by atoms with E-state index in [0.29, 0.717) is 5.92 Å². The minimum atomic E-state index is -0.188. The van der Waals surface area contributed by atoms with Gasteiger partial charge in [0.2, 0.25) is 0 Å². The van der Waals surface area contributed by atoms with Gasteiger partial charge in [-0.05, 0) is 30.2 Å². The first-order chi connectivity index (χ1) is 8.50. The van der Waals surface area contributed by atoms with E-state index in [2.05, 4.69) is 38.2 Å². The van der Waals surface area contributed by atoms with Crippen LogP contribution in [0.4, 0.5) is 0 Å². The Morgan fingerprint density at radius 3 is 2.61 bits per heavy atom. The summed E-state index contributed by atoms with van der Waals surface area (Å²) in [4.78, 5) is 12.3. The molecule has 18 heavy (non-hydrogen) atoms. The molecule has 1 atom stereocenters. The van der Waals surface area contributed by atoms with Gasteiger partial charge in [0, 0.05) is 11.5 Å². The highest BCUT2D eigenvalue weighted by Crippen LogP contribution is 2.37. The van der Waals surface area contributed by atoms with Crippen molar-refractivity contribution in [3.05, 3.63) is 47.5 Å². The Labute approximate surface area is 107 Å². The van der Waals surface area contributed by atoms with E-state index in [0.717, 1.165) is 21.9 Å². The highest BCUT2D eigenvalue weighted by Gasteiger charge is 2.37. The molecular formula is C16H17NO. The predicted octanol–water partition coefficient (Wildman–Crippen LogP) is 3.47. The van der Waals surface area contributed by atoms with Gasteiger partial charge in [0.1, 0.15) is 0 Å². The smallest absolute Gasteiger partial charge is 0.252 e. The first-order valence-corrected chi connectivity index (χ1v) is 6.35. The Morgan fingerprint density at radius 2 is 1.83 bits per heavy atom. The van der Waals surface area contributed by atoms with Crippen molar-refractivity contribution in [1.29, 1.82) is 0 Å². The van der Waals surface area contributed by atoms with Crippen LogP contribution in [0.3, 0.4) is 0 Å². The molecule has 1 aliphatic rings. The summed E-state index contributed by atoms with van der Waals surface area (Å²) >= 11 is 0. The standard InChI is InChI=1S/C16H17NO/c1-10-12-9-8-11-6-4-5-7-13(11)14(12)15(18)17-16(10,2)3/h4-10H,1-3H3,(H,17,18). The molecule has 0 bridgehead atoms. The monoisotopic (exact) mass is 239 g/mol. The van der Waals surface area contributed by atoms with Crippen molar-refractivity contribution in [3.63, 3.8) is 0 Å². The summed E-state index contributed by atoms with van der Waals surface area (Å²) in [5.74, 6) is 0.361. The molecule has 1 aliphatic heterocycles. The van der Waals surface area contributed by atoms with E-state index in [1.54, 1.807) is 0 Å². The summed E-state index contributed by atoms with van der Waals surface area (Å²) in [7, 11) is 0. The second-order valence-corrected chi connectivity index (χ2v) is 5.65. The van der Waals surface area contributed by atoms with Crippen LogP contribution in [0.1, 0.15) is 42.6 Å². The third-order valence-corrected chi connectivity index (χ3v) is 4.17. The second-order valence-electron chi connectivity index (χ2n) is 5.65. The quantitative estimate of drug-likeness (QED) is 0.749. The summed E-state index contributed by atoms with van der Waals surface area (Å²) in [6.07, 6.45) is 0. The molecule has 2 aromatic carbocycles. The lowest BCUT2D eigenvalue weighted by Crippen LogP contribution is -2.51. The van der Waals surface area contributed by atoms with E-state index in [1.807, 2.05) is 24.3 Å². The van der Waals surface area contributed by atoms with Crippen molar-refractivity contribution in [2.24, 2.45) is 0 Å². The lowest BCUT2D eigenvalue weighted by atomic mass is 9.76. The average Bonchev–Trinajstić information content (AvgIpc) is 2.34. The molecule has 92 valence electrons. The summed E-state index contributed by atoms with van der Waals surface area (Å²) < 4.78 is 0. The zero-order valence-corrected chi connectivity index (χ0v) is 10.9. The van der Waals surface area contributed by atoms with E-state index in [9.17, 15) is 4.79 Å². The fraction of sp³-hybridized carbons (Fsp3) is 0.312. The number of benzene rings is 2. The molecule has 0 saturated heterocycles. The Kier molecular flexibility index (Phi) is 2.24. The maximum Gasteiger partial charge on any atom is 0.252 e. The molecule has 0 saturated carbocycles. The van der Waals surface area contributed by atoms with Gasteiger partial charge >= 0.3 is 0 Å². The third-order valence-electron chi connectivity index (χ3n) is 4.17. The highest BCUT2D eigenvalue weighted by molar-refractivity contribution is 6.09. The number of hydrogen-bond acceptors (Lipinski definition) is 1. The van der Waals surface area contributed by atoms with Crippen molar-refractivity contribution in [1.82, 2.24) is 5.32 Å². The van der Waals surface area contributed by atoms with E-state index in [-0.39, 0.29) is 11.4 Å². The molecule has 1 amide bonds. The largest absolute Gasteiger partial charge is 0.347 e. The van der Waals surface area contributed by atoms with Gasteiger partial charge in [-0.3, -0.25) is 4.79 Å². The lowest BCUT2D eigenvalue weighted by molar-refractivity contribution is 0.0883. The van der Waals surface area contributed by atoms with Crippen molar-refractivity contribution in [2.75, 3.05) is 0 Å². The number of amides is 1. The van der Waals surface area contributed by atoms with Crippen LogP contribution in [0, 0.1) is 0 Å². The third kappa shape index (κ3) is 1.45. The number of fused-ring (bicyclic) bond motifs is 3. The maximum atomic E-state index is 12.3. The minimum absolute atomic E-state index is 0.0462. The summed E-state index contributed by atoms with van der Waals surface area (Å²) in [6.45, 7) is 6.33. The van der Waals surface area contributed by atoms with Gasteiger partial charge in [-0.25, -0.2) is 0 Å². The summed E-state index contributed by atoms with van der Waals surface area (Å²) in [5.41, 5.74) is 1.81. The molecule has 0 aliphatic carbocycles. The molecular weight excluding hydrogens is 222 g/mol. The van der Waals surface area contributed by atoms with E-state index < -0.39 is 0 Å². The van der Waals surface area contributed by atoms with E-state index in [1.165, 1.54) is 0 Å². The van der Waals surface area contributed by atoms with Crippen LogP contribution in [0.25, 0.3) is 10.8 Å². The van der Waals surface area contributed by atoms with Crippen molar-refractivity contribution < 1.29 is 4.79 Å². The second kappa shape index (κ2) is 3.58. The first-order valence-electron chi connectivity index (χ1n) is 6.35. The Morgan fingerprint density at radius 1 is 1.11 bits per heavy atom. The number of hydrogen-bond donors (Lipinski definition) is 1. The summed E-state index contributed by atoms with van der Waals surface area (Å²) in [5, 5.41) is 5.29. The van der Waals surface area contributed by atoms with Gasteiger partial charge in [0.25, 0.3) is 5.91 Å². The van der Waals surface area contributed by atoms with Gasteiger partial charge in [0.05, 0.1) is 5.56 Å². The van der Waals surface area contributed by atoms with Gasteiger partial charge in [-0.15, -0.1) is 0 Å². The molecule has 1 N–H and O–H groups in total. The minimum Gasteiger partial charge on any atom is -0.347 e. The van der Waals surface area contributed by atoms with Crippen LogP contribution in [0.2, 0.25) is 0 Å². The van der Waals surface area contributed by atoms with Gasteiger partial charge in [-0.1, -0.05) is 43.3 Å². The van der Waals surface area contributed by atoms with Crippen LogP contribution in [0.5, 0.6) is 0 Å². The molecule has 2 heteroatoms. The Bertz CT molecular complexity index is 643. The van der Waals surface area contributed by atoms with Crippen LogP contribution in [-0.2, 0) is 0 Å². The molecule has 2 aromatic rings. The zero-order valence-electron chi connectivity index (χ0n) is 10.9. The molecule has 0 fully saturated rings. The van der Waals surface area contributed by atoms with Crippen LogP contribution in [-0.4, -0.2) is 11.4 Å². The van der Waals surface area contributed by atoms with Gasteiger partial charge < -0.3 is 5.32 Å². The summed E-state index contributed by atoms with van der Waals surface area (Å²) in [6, 6.07) is 12.3. The van der Waals surface area contributed by atoms with Gasteiger partial charge in [0.15, 0.2) is 0 Å². The van der Waals surface area contributed by atoms with Crippen LogP contribution < -0.4 is 5.32 Å². The number of rotatable bonds is 0. The predicted molar refractivity (Wildman–Crippen MR) is 73.9 cm³/mol. The molecule has 1 heterocycles. The van der Waals surface area contributed by atoms with E-state index >= 15 is 0 Å². The SMILES string of the molecule is CC1c2ccc3ccccc3c2C(=O)NC1(C)C. The Balaban J connectivity index is 2.35.